The lowest BCUT2D eigenvalue weighted by molar-refractivity contribution is -0.167. The average molecular weight is 819 g/mol. The van der Waals surface area contributed by atoms with Gasteiger partial charge in [0.05, 0.1) is 0 Å². The third-order valence-corrected chi connectivity index (χ3v) is 11.5. The quantitative estimate of drug-likeness (QED) is 0.0263. The van der Waals surface area contributed by atoms with E-state index < -0.39 is 6.10 Å². The first kappa shape index (κ1) is 56.1. The lowest BCUT2D eigenvalue weighted by Crippen LogP contribution is -2.30. The van der Waals surface area contributed by atoms with Crippen LogP contribution < -0.4 is 0 Å². The number of allylic oxidation sites excluding steroid dienone is 2. The molecular formula is C52H98O6. The maximum Gasteiger partial charge on any atom is 0.306 e. The van der Waals surface area contributed by atoms with Gasteiger partial charge in [-0.15, -0.1) is 0 Å². The molecule has 0 aliphatic rings. The van der Waals surface area contributed by atoms with Crippen LogP contribution in [0.4, 0.5) is 0 Å². The van der Waals surface area contributed by atoms with Crippen molar-refractivity contribution in [2.45, 2.75) is 290 Å². The van der Waals surface area contributed by atoms with E-state index in [1.165, 1.54) is 186 Å². The fraction of sp³-hybridized carbons (Fsp3) is 0.904. The summed E-state index contributed by atoms with van der Waals surface area (Å²) in [7, 11) is 0. The normalized spacial score (nSPS) is 12.0. The highest BCUT2D eigenvalue weighted by molar-refractivity contribution is 5.71. The van der Waals surface area contributed by atoms with Crippen molar-refractivity contribution in [2.24, 2.45) is 0 Å². The molecule has 1 atom stereocenters. The van der Waals surface area contributed by atoms with Crippen LogP contribution in [0.3, 0.4) is 0 Å². The van der Waals surface area contributed by atoms with Gasteiger partial charge in [0.2, 0.25) is 0 Å². The van der Waals surface area contributed by atoms with Crippen LogP contribution in [-0.4, -0.2) is 37.2 Å². The molecule has 0 rings (SSSR count). The molecule has 58 heavy (non-hydrogen) atoms. The van der Waals surface area contributed by atoms with Crippen molar-refractivity contribution in [3.05, 3.63) is 12.2 Å². The predicted molar refractivity (Wildman–Crippen MR) is 247 cm³/mol. The predicted octanol–water partition coefficient (Wildman–Crippen LogP) is 16.6. The highest BCUT2D eigenvalue weighted by atomic mass is 16.6. The minimum absolute atomic E-state index is 0.0657. The maximum atomic E-state index is 12.7. The number of unbranched alkanes of at least 4 members (excludes halogenated alkanes) is 34. The van der Waals surface area contributed by atoms with Crippen LogP contribution in [0.25, 0.3) is 0 Å². The average Bonchev–Trinajstić information content (AvgIpc) is 3.22. The Hall–Kier alpha value is -1.85. The summed E-state index contributed by atoms with van der Waals surface area (Å²) in [6, 6.07) is 0. The van der Waals surface area contributed by atoms with Gasteiger partial charge < -0.3 is 14.2 Å². The number of hydrogen-bond donors (Lipinski definition) is 0. The smallest absolute Gasteiger partial charge is 0.306 e. The molecule has 0 aromatic rings. The number of hydrogen-bond acceptors (Lipinski definition) is 6. The number of rotatable bonds is 47. The second-order valence-electron chi connectivity index (χ2n) is 17.4. The molecule has 0 fully saturated rings. The van der Waals surface area contributed by atoms with Gasteiger partial charge >= 0.3 is 17.9 Å². The van der Waals surface area contributed by atoms with Gasteiger partial charge in [-0.2, -0.15) is 0 Å². The second-order valence-corrected chi connectivity index (χ2v) is 17.4. The fourth-order valence-electron chi connectivity index (χ4n) is 7.61. The Balaban J connectivity index is 4.24. The van der Waals surface area contributed by atoms with Crippen LogP contribution in [0, 0.1) is 0 Å². The van der Waals surface area contributed by atoms with Crippen LogP contribution in [0.2, 0.25) is 0 Å². The Bertz CT molecular complexity index is 900. The largest absolute Gasteiger partial charge is 0.462 e. The summed E-state index contributed by atoms with van der Waals surface area (Å²) in [6.45, 7) is 6.64. The van der Waals surface area contributed by atoms with Crippen LogP contribution in [0.5, 0.6) is 0 Å². The Kier molecular flexibility index (Phi) is 46.3. The standard InChI is InChI=1S/C52H98O6/c1-4-7-10-13-16-19-22-23-24-25-26-27-28-29-31-33-36-39-42-45-51(54)57-48-49(47-56-50(53)44-41-38-35-32-21-18-15-12-9-6-3)58-52(55)46-43-40-37-34-30-20-17-14-11-8-5-2/h23-24,49H,4-22,25-48H2,1-3H3/b24-23-. The summed E-state index contributed by atoms with van der Waals surface area (Å²) in [5, 5.41) is 0. The van der Waals surface area contributed by atoms with Gasteiger partial charge in [0, 0.05) is 19.3 Å². The first-order valence-corrected chi connectivity index (χ1v) is 25.7. The molecule has 0 amide bonds. The van der Waals surface area contributed by atoms with E-state index in [0.29, 0.717) is 19.3 Å². The zero-order valence-corrected chi connectivity index (χ0v) is 39.1. The first-order chi connectivity index (χ1) is 28.5. The van der Waals surface area contributed by atoms with Crippen molar-refractivity contribution in [3.8, 4) is 0 Å². The van der Waals surface area contributed by atoms with E-state index >= 15 is 0 Å². The summed E-state index contributed by atoms with van der Waals surface area (Å²) in [6.07, 6.45) is 52.0. The van der Waals surface area contributed by atoms with E-state index in [0.717, 1.165) is 57.8 Å². The van der Waals surface area contributed by atoms with Crippen molar-refractivity contribution in [1.82, 2.24) is 0 Å². The van der Waals surface area contributed by atoms with E-state index in [-0.39, 0.29) is 31.1 Å². The van der Waals surface area contributed by atoms with Gasteiger partial charge in [-0.1, -0.05) is 232 Å². The van der Waals surface area contributed by atoms with Crippen molar-refractivity contribution in [3.63, 3.8) is 0 Å². The van der Waals surface area contributed by atoms with Gasteiger partial charge in [0.15, 0.2) is 6.10 Å². The minimum atomic E-state index is -0.762. The van der Waals surface area contributed by atoms with E-state index in [4.69, 9.17) is 14.2 Å². The van der Waals surface area contributed by atoms with Gasteiger partial charge in [-0.25, -0.2) is 0 Å². The lowest BCUT2D eigenvalue weighted by atomic mass is 10.1. The molecule has 6 nitrogen and oxygen atoms in total. The Morgan fingerprint density at radius 3 is 0.862 bits per heavy atom. The van der Waals surface area contributed by atoms with Crippen LogP contribution in [0.15, 0.2) is 12.2 Å². The summed E-state index contributed by atoms with van der Waals surface area (Å²) in [5.41, 5.74) is 0. The Morgan fingerprint density at radius 1 is 0.328 bits per heavy atom. The molecule has 0 aromatic carbocycles. The molecule has 0 saturated carbocycles. The highest BCUT2D eigenvalue weighted by Gasteiger charge is 2.19. The Morgan fingerprint density at radius 2 is 0.569 bits per heavy atom. The van der Waals surface area contributed by atoms with Gasteiger partial charge in [0.25, 0.3) is 0 Å². The van der Waals surface area contributed by atoms with Crippen LogP contribution in [-0.2, 0) is 28.6 Å². The third kappa shape index (κ3) is 45.2. The number of esters is 3. The second kappa shape index (κ2) is 47.8. The third-order valence-electron chi connectivity index (χ3n) is 11.5. The summed E-state index contributed by atoms with van der Waals surface area (Å²) in [5.74, 6) is -0.856. The van der Waals surface area contributed by atoms with Crippen molar-refractivity contribution in [1.29, 1.82) is 0 Å². The van der Waals surface area contributed by atoms with Crippen molar-refractivity contribution >= 4 is 17.9 Å². The monoisotopic (exact) mass is 819 g/mol. The SMILES string of the molecule is CCCCCCCC/C=C\CCCCCCCCCCCC(=O)OCC(COC(=O)CCCCCCCCCCCC)OC(=O)CCCCCCCCCCCCC. The molecule has 0 bridgehead atoms. The summed E-state index contributed by atoms with van der Waals surface area (Å²) in [4.78, 5) is 37.8. The fourth-order valence-corrected chi connectivity index (χ4v) is 7.61. The van der Waals surface area contributed by atoms with Gasteiger partial charge in [0.1, 0.15) is 13.2 Å². The van der Waals surface area contributed by atoms with E-state index in [1.54, 1.807) is 0 Å². The number of ether oxygens (including phenoxy) is 3. The summed E-state index contributed by atoms with van der Waals surface area (Å²) < 4.78 is 16.8. The van der Waals surface area contributed by atoms with Gasteiger partial charge in [-0.3, -0.25) is 14.4 Å². The number of carbonyl (C=O) groups is 3. The van der Waals surface area contributed by atoms with Crippen molar-refractivity contribution in [2.75, 3.05) is 13.2 Å². The highest BCUT2D eigenvalue weighted by Crippen LogP contribution is 2.16. The van der Waals surface area contributed by atoms with Crippen LogP contribution in [0.1, 0.15) is 284 Å². The minimum Gasteiger partial charge on any atom is -0.462 e. The van der Waals surface area contributed by atoms with Crippen LogP contribution >= 0.6 is 0 Å². The van der Waals surface area contributed by atoms with Crippen molar-refractivity contribution < 1.29 is 28.6 Å². The maximum absolute atomic E-state index is 12.7. The molecule has 0 heterocycles. The Labute approximate surface area is 360 Å². The lowest BCUT2D eigenvalue weighted by Gasteiger charge is -2.18. The molecule has 0 saturated heterocycles. The molecule has 0 radical (unpaired) electrons. The molecule has 0 aliphatic carbocycles. The molecular weight excluding hydrogens is 721 g/mol. The number of carbonyl (C=O) groups excluding carboxylic acids is 3. The molecule has 0 aromatic heterocycles. The molecule has 1 unspecified atom stereocenters. The molecule has 0 N–H and O–H groups in total. The van der Waals surface area contributed by atoms with E-state index in [1.807, 2.05) is 0 Å². The van der Waals surface area contributed by atoms with E-state index in [2.05, 4.69) is 32.9 Å². The zero-order valence-electron chi connectivity index (χ0n) is 39.1. The van der Waals surface area contributed by atoms with E-state index in [9.17, 15) is 14.4 Å². The molecule has 6 heteroatoms. The van der Waals surface area contributed by atoms with Gasteiger partial charge in [-0.05, 0) is 44.9 Å². The molecule has 0 spiro atoms. The molecule has 0 aliphatic heterocycles. The molecule has 342 valence electrons. The topological polar surface area (TPSA) is 78.9 Å². The summed E-state index contributed by atoms with van der Waals surface area (Å²) >= 11 is 0. The first-order valence-electron chi connectivity index (χ1n) is 25.7. The zero-order chi connectivity index (χ0) is 42.3.